The third-order valence-electron chi connectivity index (χ3n) is 2.95. The number of carbonyl (C=O) groups excluding carboxylic acids is 2. The van der Waals surface area contributed by atoms with Crippen LogP contribution in [0.15, 0.2) is 35.1 Å². The molecule has 2 aromatic rings. The molecule has 0 aliphatic heterocycles. The van der Waals surface area contributed by atoms with E-state index in [0.29, 0.717) is 18.2 Å². The predicted molar refractivity (Wildman–Crippen MR) is 81.5 cm³/mol. The summed E-state index contributed by atoms with van der Waals surface area (Å²) < 4.78 is 10.4. The van der Waals surface area contributed by atoms with Crippen molar-refractivity contribution in [1.82, 2.24) is 20.8 Å². The first-order valence-electron chi connectivity index (χ1n) is 7.16. The van der Waals surface area contributed by atoms with Gasteiger partial charge in [-0.1, -0.05) is 0 Å². The molecule has 0 saturated heterocycles. The van der Waals surface area contributed by atoms with Crippen LogP contribution in [0.4, 0.5) is 0 Å². The lowest BCUT2D eigenvalue weighted by Gasteiger charge is -2.13. The normalized spacial score (nSPS) is 11.6. The molecule has 2 N–H and O–H groups in total. The molecular formula is C15H18N4O4. The Morgan fingerprint density at radius 2 is 2.04 bits per heavy atom. The molecule has 1 aromatic carbocycles. The van der Waals surface area contributed by atoms with Crippen molar-refractivity contribution in [2.75, 3.05) is 13.2 Å². The average Bonchev–Trinajstić information content (AvgIpc) is 3.08. The largest absolute Gasteiger partial charge is 0.484 e. The fourth-order valence-electron chi connectivity index (χ4n) is 1.82. The summed E-state index contributed by atoms with van der Waals surface area (Å²) >= 11 is 0. The van der Waals surface area contributed by atoms with Gasteiger partial charge in [-0.05, 0) is 38.1 Å². The molecule has 0 spiro atoms. The van der Waals surface area contributed by atoms with Crippen molar-refractivity contribution < 1.29 is 18.7 Å². The molecule has 0 aliphatic carbocycles. The molecule has 0 unspecified atom stereocenters. The van der Waals surface area contributed by atoms with Crippen molar-refractivity contribution in [2.45, 2.75) is 19.9 Å². The van der Waals surface area contributed by atoms with E-state index < -0.39 is 6.04 Å². The quantitative estimate of drug-likeness (QED) is 0.780. The molecule has 1 heterocycles. The summed E-state index contributed by atoms with van der Waals surface area (Å²) in [6.45, 7) is 3.77. The summed E-state index contributed by atoms with van der Waals surface area (Å²) in [5.74, 6) is 0.327. The van der Waals surface area contributed by atoms with Crippen LogP contribution >= 0.6 is 0 Å². The molecule has 0 bridgehead atoms. The Labute approximate surface area is 133 Å². The van der Waals surface area contributed by atoms with Crippen LogP contribution in [0.2, 0.25) is 0 Å². The van der Waals surface area contributed by atoms with Crippen LogP contribution in [-0.4, -0.2) is 41.2 Å². The molecule has 23 heavy (non-hydrogen) atoms. The molecule has 0 saturated carbocycles. The Hall–Kier alpha value is -2.90. The number of nitrogens with one attached hydrogen (secondary N) is 2. The fourth-order valence-corrected chi connectivity index (χ4v) is 1.82. The lowest BCUT2D eigenvalue weighted by molar-refractivity contribution is -0.129. The molecule has 2 amide bonds. The maximum Gasteiger partial charge on any atom is 0.258 e. The molecule has 1 atom stereocenters. The molecule has 0 radical (unpaired) electrons. The summed E-state index contributed by atoms with van der Waals surface area (Å²) in [7, 11) is 0. The van der Waals surface area contributed by atoms with Gasteiger partial charge in [0.2, 0.25) is 18.2 Å². The van der Waals surface area contributed by atoms with Crippen molar-refractivity contribution in [1.29, 1.82) is 0 Å². The summed E-state index contributed by atoms with van der Waals surface area (Å²) in [5, 5.41) is 12.6. The van der Waals surface area contributed by atoms with Gasteiger partial charge in [-0.3, -0.25) is 9.59 Å². The maximum absolute atomic E-state index is 11.7. The number of rotatable bonds is 7. The number of aromatic nitrogens is 2. The second-order valence-corrected chi connectivity index (χ2v) is 4.74. The zero-order valence-electron chi connectivity index (χ0n) is 12.9. The summed E-state index contributed by atoms with van der Waals surface area (Å²) in [6.07, 6.45) is 1.25. The summed E-state index contributed by atoms with van der Waals surface area (Å²) in [6, 6.07) is 6.28. The Bertz CT molecular complexity index is 640. The molecule has 0 fully saturated rings. The van der Waals surface area contributed by atoms with Gasteiger partial charge in [-0.25, -0.2) is 0 Å². The van der Waals surface area contributed by atoms with Gasteiger partial charge in [0.15, 0.2) is 6.61 Å². The smallest absolute Gasteiger partial charge is 0.258 e. The topological polar surface area (TPSA) is 106 Å². The molecule has 122 valence electrons. The predicted octanol–water partition coefficient (Wildman–Crippen LogP) is 0.756. The number of likely N-dealkylation sites (N-methyl/N-ethyl adjacent to an activating group) is 1. The molecule has 8 nitrogen and oxygen atoms in total. The van der Waals surface area contributed by atoms with E-state index in [1.807, 2.05) is 6.92 Å². The lowest BCUT2D eigenvalue weighted by Crippen LogP contribution is -2.46. The first-order chi connectivity index (χ1) is 11.1. The van der Waals surface area contributed by atoms with Crippen molar-refractivity contribution in [2.24, 2.45) is 0 Å². The number of nitrogens with zero attached hydrogens (tertiary/aromatic N) is 2. The number of amides is 2. The van der Waals surface area contributed by atoms with Crippen molar-refractivity contribution in [3.05, 3.63) is 30.7 Å². The Morgan fingerprint density at radius 1 is 1.30 bits per heavy atom. The number of benzene rings is 1. The monoisotopic (exact) mass is 318 g/mol. The second kappa shape index (κ2) is 7.92. The van der Waals surface area contributed by atoms with Gasteiger partial charge in [0.1, 0.15) is 11.8 Å². The van der Waals surface area contributed by atoms with Crippen LogP contribution in [0.3, 0.4) is 0 Å². The Balaban J connectivity index is 1.81. The van der Waals surface area contributed by atoms with E-state index in [9.17, 15) is 9.59 Å². The minimum absolute atomic E-state index is 0.177. The number of hydrogen-bond acceptors (Lipinski definition) is 6. The SMILES string of the molecule is CCNC(=O)[C@H](C)NC(=O)COc1ccc(-c2nnco2)cc1. The summed E-state index contributed by atoms with van der Waals surface area (Å²) in [4.78, 5) is 23.3. The van der Waals surface area contributed by atoms with E-state index in [2.05, 4.69) is 20.8 Å². The maximum atomic E-state index is 11.7. The van der Waals surface area contributed by atoms with E-state index in [1.54, 1.807) is 31.2 Å². The first kappa shape index (κ1) is 16.5. The highest BCUT2D eigenvalue weighted by atomic mass is 16.5. The third kappa shape index (κ3) is 4.80. The highest BCUT2D eigenvalue weighted by Crippen LogP contribution is 2.19. The van der Waals surface area contributed by atoms with Crippen molar-refractivity contribution >= 4 is 11.8 Å². The lowest BCUT2D eigenvalue weighted by atomic mass is 10.2. The van der Waals surface area contributed by atoms with Gasteiger partial charge in [0.05, 0.1) is 0 Å². The van der Waals surface area contributed by atoms with E-state index >= 15 is 0 Å². The van der Waals surface area contributed by atoms with E-state index in [-0.39, 0.29) is 18.4 Å². The van der Waals surface area contributed by atoms with Crippen LogP contribution in [0.5, 0.6) is 5.75 Å². The van der Waals surface area contributed by atoms with Gasteiger partial charge in [0.25, 0.3) is 5.91 Å². The molecular weight excluding hydrogens is 300 g/mol. The minimum Gasteiger partial charge on any atom is -0.484 e. The van der Waals surface area contributed by atoms with E-state index in [0.717, 1.165) is 5.56 Å². The van der Waals surface area contributed by atoms with Crippen LogP contribution in [0.25, 0.3) is 11.5 Å². The standard InChI is InChI=1S/C15H18N4O4/c1-3-16-14(21)10(2)18-13(20)8-22-12-6-4-11(5-7-12)15-19-17-9-23-15/h4-7,9-10H,3,8H2,1-2H3,(H,16,21)(H,18,20)/t10-/m0/s1. The van der Waals surface area contributed by atoms with Gasteiger partial charge in [0, 0.05) is 12.1 Å². The van der Waals surface area contributed by atoms with E-state index in [4.69, 9.17) is 9.15 Å². The van der Waals surface area contributed by atoms with Gasteiger partial charge >= 0.3 is 0 Å². The summed E-state index contributed by atoms with van der Waals surface area (Å²) in [5.41, 5.74) is 0.754. The number of ether oxygens (including phenoxy) is 1. The van der Waals surface area contributed by atoms with Gasteiger partial charge in [-0.2, -0.15) is 0 Å². The van der Waals surface area contributed by atoms with Crippen molar-refractivity contribution in [3.8, 4) is 17.2 Å². The van der Waals surface area contributed by atoms with Crippen LogP contribution in [0.1, 0.15) is 13.8 Å². The number of carbonyl (C=O) groups is 2. The van der Waals surface area contributed by atoms with Crippen LogP contribution in [-0.2, 0) is 9.59 Å². The molecule has 8 heteroatoms. The highest BCUT2D eigenvalue weighted by molar-refractivity contribution is 5.87. The highest BCUT2D eigenvalue weighted by Gasteiger charge is 2.14. The average molecular weight is 318 g/mol. The van der Waals surface area contributed by atoms with Crippen LogP contribution < -0.4 is 15.4 Å². The Morgan fingerprint density at radius 3 is 2.65 bits per heavy atom. The number of hydrogen-bond donors (Lipinski definition) is 2. The zero-order valence-corrected chi connectivity index (χ0v) is 12.9. The van der Waals surface area contributed by atoms with Gasteiger partial charge < -0.3 is 19.8 Å². The molecule has 1 aromatic heterocycles. The third-order valence-corrected chi connectivity index (χ3v) is 2.95. The van der Waals surface area contributed by atoms with Crippen LogP contribution in [0, 0.1) is 0 Å². The first-order valence-corrected chi connectivity index (χ1v) is 7.16. The molecule has 2 rings (SSSR count). The van der Waals surface area contributed by atoms with Crippen molar-refractivity contribution in [3.63, 3.8) is 0 Å². The second-order valence-electron chi connectivity index (χ2n) is 4.74. The minimum atomic E-state index is -0.606. The van der Waals surface area contributed by atoms with E-state index in [1.165, 1.54) is 6.39 Å². The zero-order chi connectivity index (χ0) is 16.7. The molecule has 0 aliphatic rings. The fraction of sp³-hybridized carbons (Fsp3) is 0.333. The Kier molecular flexibility index (Phi) is 5.67. The van der Waals surface area contributed by atoms with Gasteiger partial charge in [-0.15, -0.1) is 10.2 Å².